The highest BCUT2D eigenvalue weighted by Crippen LogP contribution is 2.63. The molecule has 2 aliphatic heterocycles. The first-order chi connectivity index (χ1) is 23.3. The largest absolute Gasteiger partial charge is 0.430 e. The second-order valence-corrected chi connectivity index (χ2v) is 12.5. The highest BCUT2D eigenvalue weighted by atomic mass is 19.4. The molecular weight excluding hydrogens is 816 g/mol. The zero-order valence-electron chi connectivity index (χ0n) is 25.9. The Morgan fingerprint density at radius 1 is 0.377 bits per heavy atom. The summed E-state index contributed by atoms with van der Waals surface area (Å²) in [7, 11) is 0. The number of rotatable bonds is 22. The molecule has 0 aromatic carbocycles. The van der Waals surface area contributed by atoms with Gasteiger partial charge < -0.3 is 9.47 Å². The molecule has 0 radical (unpaired) electrons. The SMILES string of the molecule is FC(F)(F)CC(F)(CCCCC1CO1)C(F)(F)C(F)(F)C(F)(F)C(F)(F)OC(F)(F)C(F)(F)C(F)(F)C(F)(F)C(F)(CCCCC1CO1)CC(F)(F)F. The second kappa shape index (κ2) is 14.6. The number of epoxide rings is 2. The van der Waals surface area contributed by atoms with Gasteiger partial charge in [-0.25, -0.2) is 13.5 Å². The predicted octanol–water partition coefficient (Wildman–Crippen LogP) is 11.2. The molecule has 0 aromatic heterocycles. The van der Waals surface area contributed by atoms with Gasteiger partial charge in [-0.15, -0.1) is 0 Å². The van der Waals surface area contributed by atoms with Gasteiger partial charge in [-0.05, 0) is 38.5 Å². The molecule has 0 aromatic rings. The molecule has 53 heavy (non-hydrogen) atoms. The van der Waals surface area contributed by atoms with Gasteiger partial charge in [0.25, 0.3) is 0 Å². The molecule has 0 N–H and O–H groups in total. The van der Waals surface area contributed by atoms with Crippen molar-refractivity contribution in [3.05, 3.63) is 0 Å². The Labute approximate surface area is 281 Å². The van der Waals surface area contributed by atoms with Crippen molar-refractivity contribution in [3.8, 4) is 0 Å². The Hall–Kier alpha value is -1.80. The summed E-state index contributed by atoms with van der Waals surface area (Å²) in [6, 6.07) is 0. The van der Waals surface area contributed by atoms with Gasteiger partial charge in [-0.1, -0.05) is 12.8 Å². The van der Waals surface area contributed by atoms with Crippen molar-refractivity contribution in [1.82, 2.24) is 0 Å². The van der Waals surface area contributed by atoms with Crippen LogP contribution in [0.15, 0.2) is 0 Å². The van der Waals surface area contributed by atoms with Gasteiger partial charge in [-0.3, -0.25) is 0 Å². The molecule has 0 amide bonds. The van der Waals surface area contributed by atoms with Crippen LogP contribution in [0.25, 0.3) is 0 Å². The van der Waals surface area contributed by atoms with E-state index >= 15 is 8.78 Å². The van der Waals surface area contributed by atoms with Crippen molar-refractivity contribution < 1.29 is 120 Å². The summed E-state index contributed by atoms with van der Waals surface area (Å²) in [5.41, 5.74) is -12.1. The van der Waals surface area contributed by atoms with Crippen LogP contribution < -0.4 is 0 Å². The Balaban J connectivity index is 2.50. The lowest BCUT2D eigenvalue weighted by Gasteiger charge is -2.44. The second-order valence-electron chi connectivity index (χ2n) is 12.5. The molecule has 4 atom stereocenters. The smallest absolute Gasteiger partial charge is 0.373 e. The van der Waals surface area contributed by atoms with E-state index in [-0.39, 0.29) is 26.1 Å². The third-order valence-corrected chi connectivity index (χ3v) is 8.15. The van der Waals surface area contributed by atoms with Gasteiger partial charge in [0, 0.05) is 0 Å². The maximum atomic E-state index is 15.0. The molecule has 2 saturated heterocycles. The third kappa shape index (κ3) is 9.60. The van der Waals surface area contributed by atoms with Crippen LogP contribution in [0.5, 0.6) is 0 Å². The fourth-order valence-corrected chi connectivity index (χ4v) is 4.98. The monoisotopic (exact) mass is 842 g/mol. The molecule has 4 unspecified atom stereocenters. The fourth-order valence-electron chi connectivity index (χ4n) is 4.98. The molecule has 316 valence electrons. The Kier molecular flexibility index (Phi) is 13.1. The average Bonchev–Trinajstić information content (AvgIpc) is 3.86. The highest BCUT2D eigenvalue weighted by Gasteiger charge is 2.91. The highest BCUT2D eigenvalue weighted by molar-refractivity contribution is 5.13. The zero-order chi connectivity index (χ0) is 41.8. The minimum absolute atomic E-state index is 0.0230. The van der Waals surface area contributed by atoms with Crippen LogP contribution >= 0.6 is 0 Å². The zero-order valence-corrected chi connectivity index (χ0v) is 25.9. The lowest BCUT2D eigenvalue weighted by Crippen LogP contribution is -2.72. The van der Waals surface area contributed by atoms with Gasteiger partial charge in [0.05, 0.1) is 38.3 Å². The molecule has 2 aliphatic rings. The number of hydrogen-bond acceptors (Lipinski definition) is 3. The van der Waals surface area contributed by atoms with E-state index in [1.54, 1.807) is 0 Å². The minimum Gasteiger partial charge on any atom is -0.373 e. The van der Waals surface area contributed by atoms with E-state index in [1.807, 2.05) is 0 Å². The minimum atomic E-state index is -8.64. The predicted molar refractivity (Wildman–Crippen MR) is 126 cm³/mol. The summed E-state index contributed by atoms with van der Waals surface area (Å²) in [5, 5.41) is 0. The van der Waals surface area contributed by atoms with E-state index in [2.05, 4.69) is 9.47 Å². The van der Waals surface area contributed by atoms with Gasteiger partial charge in [0.2, 0.25) is 0 Å². The topological polar surface area (TPSA) is 34.3 Å². The summed E-state index contributed by atoms with van der Waals surface area (Å²) in [4.78, 5) is 0. The molecule has 2 fully saturated rings. The quantitative estimate of drug-likeness (QED) is 0.0619. The lowest BCUT2D eigenvalue weighted by atomic mass is 9.81. The van der Waals surface area contributed by atoms with E-state index in [1.165, 1.54) is 4.74 Å². The first-order valence-electron chi connectivity index (χ1n) is 14.7. The van der Waals surface area contributed by atoms with Crippen molar-refractivity contribution in [2.75, 3.05) is 13.2 Å². The molecule has 3 nitrogen and oxygen atoms in total. The lowest BCUT2D eigenvalue weighted by molar-refractivity contribution is -0.520. The summed E-state index contributed by atoms with van der Waals surface area (Å²) < 4.78 is 348. The fraction of sp³-hybridized carbons (Fsp3) is 1.00. The Bertz CT molecular complexity index is 1130. The maximum Gasteiger partial charge on any atom is 0.430 e. The molecule has 0 bridgehead atoms. The van der Waals surface area contributed by atoms with Gasteiger partial charge in [0.1, 0.15) is 0 Å². The normalized spacial score (nSPS) is 22.4. The van der Waals surface area contributed by atoms with Crippen LogP contribution in [-0.2, 0) is 14.2 Å². The summed E-state index contributed by atoms with van der Waals surface area (Å²) in [6.45, 7) is -0.0459. The summed E-state index contributed by atoms with van der Waals surface area (Å²) in [6.07, 6.45) is -48.3. The molecular formula is C26H26F24O3. The van der Waals surface area contributed by atoms with Gasteiger partial charge in [0.15, 0.2) is 11.3 Å². The van der Waals surface area contributed by atoms with Crippen molar-refractivity contribution in [2.45, 2.75) is 148 Å². The summed E-state index contributed by atoms with van der Waals surface area (Å²) in [5.74, 6) is -49.7. The number of unbranched alkanes of at least 4 members (excludes halogenated alkanes) is 2. The van der Waals surface area contributed by atoms with Crippen LogP contribution in [0.4, 0.5) is 105 Å². The van der Waals surface area contributed by atoms with Crippen molar-refractivity contribution in [1.29, 1.82) is 0 Å². The molecule has 2 rings (SSSR count). The number of ether oxygens (including phenoxy) is 3. The van der Waals surface area contributed by atoms with Crippen molar-refractivity contribution >= 4 is 0 Å². The first-order valence-corrected chi connectivity index (χ1v) is 14.7. The van der Waals surface area contributed by atoms with E-state index in [9.17, 15) is 96.6 Å². The van der Waals surface area contributed by atoms with E-state index < -0.39 is 135 Å². The third-order valence-electron chi connectivity index (χ3n) is 8.15. The van der Waals surface area contributed by atoms with Crippen LogP contribution in [0.2, 0.25) is 0 Å². The molecule has 0 saturated carbocycles. The molecule has 0 spiro atoms. The van der Waals surface area contributed by atoms with Gasteiger partial charge >= 0.3 is 60.1 Å². The maximum absolute atomic E-state index is 15.0. The van der Waals surface area contributed by atoms with Crippen molar-refractivity contribution in [2.24, 2.45) is 0 Å². The number of halogens is 24. The van der Waals surface area contributed by atoms with Crippen LogP contribution in [-0.4, -0.2) is 96.9 Å². The molecule has 2 heterocycles. The standard InChI is InChI=1S/C26H26F24O3/c27-15(11-17(29,30)31,7-3-1-5-13-9-51-13)19(35,36)21(39,40)23(43,44)25(47,48)53-26(49,50)24(45,46)22(41,42)20(37,38)16(28,12-18(32,33)34)8-4-2-6-14-10-52-14/h13-14H,1-12H2. The van der Waals surface area contributed by atoms with Crippen LogP contribution in [0, 0.1) is 0 Å². The molecule has 27 heteroatoms. The van der Waals surface area contributed by atoms with E-state index in [0.29, 0.717) is 0 Å². The number of alkyl halides is 24. The molecule has 0 aliphatic carbocycles. The first kappa shape index (κ1) is 47.4. The van der Waals surface area contributed by atoms with Crippen LogP contribution in [0.3, 0.4) is 0 Å². The Morgan fingerprint density at radius 2 is 0.642 bits per heavy atom. The van der Waals surface area contributed by atoms with Crippen LogP contribution in [0.1, 0.15) is 64.2 Å². The number of hydrogen-bond donors (Lipinski definition) is 0. The van der Waals surface area contributed by atoms with E-state index in [0.717, 1.165) is 0 Å². The van der Waals surface area contributed by atoms with Crippen molar-refractivity contribution in [3.63, 3.8) is 0 Å². The van der Waals surface area contributed by atoms with E-state index in [4.69, 9.17) is 0 Å². The average molecular weight is 842 g/mol. The van der Waals surface area contributed by atoms with Gasteiger partial charge in [-0.2, -0.15) is 96.6 Å². The summed E-state index contributed by atoms with van der Waals surface area (Å²) >= 11 is 0. The Morgan fingerprint density at radius 3 is 0.868 bits per heavy atom.